The summed E-state index contributed by atoms with van der Waals surface area (Å²) >= 11 is 0. The van der Waals surface area contributed by atoms with Gasteiger partial charge in [0.15, 0.2) is 11.5 Å². The standard InChI is InChI=1S/C19H22N2O6/c1-4-21(9-12-5-6-14-15(7-12)27-10-26-14)16(22)8-13-17(19(24)25-3)11(2)20-18(13)23/h5-7,13H,4,8-10H2,1-3H3,(H,20,23). The number of carbonyl (C=O) groups is 3. The number of ether oxygens (including phenoxy) is 3. The third kappa shape index (κ3) is 3.74. The topological polar surface area (TPSA) is 94.2 Å². The van der Waals surface area contributed by atoms with E-state index in [0.717, 1.165) is 5.56 Å². The first-order valence-electron chi connectivity index (χ1n) is 8.70. The number of allylic oxidation sites excluding steroid dienone is 1. The second kappa shape index (κ2) is 7.69. The minimum atomic E-state index is -0.837. The van der Waals surface area contributed by atoms with Gasteiger partial charge in [-0.05, 0) is 31.5 Å². The highest BCUT2D eigenvalue weighted by molar-refractivity contribution is 6.03. The first kappa shape index (κ1) is 18.8. The molecule has 2 amide bonds. The zero-order chi connectivity index (χ0) is 19.6. The zero-order valence-corrected chi connectivity index (χ0v) is 15.5. The number of hydrogen-bond acceptors (Lipinski definition) is 6. The molecule has 8 heteroatoms. The summed E-state index contributed by atoms with van der Waals surface area (Å²) in [6.45, 7) is 4.52. The number of nitrogens with zero attached hydrogens (tertiary/aromatic N) is 1. The molecular formula is C19H22N2O6. The van der Waals surface area contributed by atoms with Gasteiger partial charge >= 0.3 is 5.97 Å². The van der Waals surface area contributed by atoms with Crippen LogP contribution in [0.5, 0.6) is 11.5 Å². The molecule has 2 aliphatic heterocycles. The van der Waals surface area contributed by atoms with Crippen LogP contribution in [0, 0.1) is 5.92 Å². The second-order valence-corrected chi connectivity index (χ2v) is 6.37. The van der Waals surface area contributed by atoms with Gasteiger partial charge in [-0.1, -0.05) is 6.07 Å². The van der Waals surface area contributed by atoms with E-state index in [9.17, 15) is 14.4 Å². The van der Waals surface area contributed by atoms with Crippen molar-refractivity contribution in [3.63, 3.8) is 0 Å². The number of rotatable bonds is 6. The summed E-state index contributed by atoms with van der Waals surface area (Å²) in [5.41, 5.74) is 1.55. The molecule has 0 spiro atoms. The maximum Gasteiger partial charge on any atom is 0.336 e. The molecule has 3 rings (SSSR count). The molecule has 8 nitrogen and oxygen atoms in total. The van der Waals surface area contributed by atoms with Gasteiger partial charge in [0.1, 0.15) is 0 Å². The van der Waals surface area contributed by atoms with Gasteiger partial charge in [0.05, 0.1) is 18.6 Å². The molecule has 0 saturated heterocycles. The molecule has 2 heterocycles. The number of carbonyl (C=O) groups excluding carboxylic acids is 3. The molecule has 1 unspecified atom stereocenters. The van der Waals surface area contributed by atoms with Crippen molar-refractivity contribution in [1.82, 2.24) is 10.2 Å². The third-order valence-corrected chi connectivity index (χ3v) is 4.71. The molecule has 0 aliphatic carbocycles. The maximum absolute atomic E-state index is 12.8. The maximum atomic E-state index is 12.8. The van der Waals surface area contributed by atoms with Crippen LogP contribution in [0.15, 0.2) is 29.5 Å². The SMILES string of the molecule is CCN(Cc1ccc2c(c1)OCO2)C(=O)CC1C(=O)NC(C)=C1C(=O)OC. The van der Waals surface area contributed by atoms with Crippen LogP contribution in [0.3, 0.4) is 0 Å². The Hall–Kier alpha value is -3.03. The normalized spacial score (nSPS) is 17.7. The Kier molecular flexibility index (Phi) is 5.34. The fourth-order valence-corrected chi connectivity index (χ4v) is 3.27. The van der Waals surface area contributed by atoms with Gasteiger partial charge in [-0.2, -0.15) is 0 Å². The highest BCUT2D eigenvalue weighted by Crippen LogP contribution is 2.33. The van der Waals surface area contributed by atoms with Gasteiger partial charge in [0.2, 0.25) is 18.6 Å². The fraction of sp³-hybridized carbons (Fsp3) is 0.421. The van der Waals surface area contributed by atoms with E-state index in [0.29, 0.717) is 30.3 Å². The molecule has 1 atom stereocenters. The van der Waals surface area contributed by atoms with E-state index >= 15 is 0 Å². The van der Waals surface area contributed by atoms with Gasteiger partial charge in [0.25, 0.3) is 0 Å². The summed E-state index contributed by atoms with van der Waals surface area (Å²) in [6.07, 6.45) is -0.0913. The lowest BCUT2D eigenvalue weighted by Gasteiger charge is -2.23. The number of esters is 1. The molecule has 0 fully saturated rings. The number of fused-ring (bicyclic) bond motifs is 1. The van der Waals surface area contributed by atoms with Crippen molar-refractivity contribution in [1.29, 1.82) is 0 Å². The average Bonchev–Trinajstić information content (AvgIpc) is 3.22. The van der Waals surface area contributed by atoms with Gasteiger partial charge in [-0.3, -0.25) is 9.59 Å². The van der Waals surface area contributed by atoms with Crippen molar-refractivity contribution in [2.75, 3.05) is 20.4 Å². The molecule has 1 aromatic rings. The van der Waals surface area contributed by atoms with Crippen LogP contribution in [0.25, 0.3) is 0 Å². The summed E-state index contributed by atoms with van der Waals surface area (Å²) in [5.74, 6) is -0.679. The molecule has 144 valence electrons. The minimum Gasteiger partial charge on any atom is -0.466 e. The Bertz CT molecular complexity index is 816. The quantitative estimate of drug-likeness (QED) is 0.756. The van der Waals surface area contributed by atoms with E-state index < -0.39 is 11.9 Å². The number of benzene rings is 1. The molecule has 0 bridgehead atoms. The Labute approximate surface area is 157 Å². The summed E-state index contributed by atoms with van der Waals surface area (Å²) < 4.78 is 15.4. The number of methoxy groups -OCH3 is 1. The summed E-state index contributed by atoms with van der Waals surface area (Å²) in [6, 6.07) is 5.52. The number of hydrogen-bond donors (Lipinski definition) is 1. The lowest BCUT2D eigenvalue weighted by molar-refractivity contribution is -0.139. The molecule has 1 aromatic carbocycles. The van der Waals surface area contributed by atoms with E-state index in [1.54, 1.807) is 11.8 Å². The predicted octanol–water partition coefficient (Wildman–Crippen LogP) is 1.35. The molecular weight excluding hydrogens is 352 g/mol. The lowest BCUT2D eigenvalue weighted by atomic mass is 9.95. The molecule has 27 heavy (non-hydrogen) atoms. The highest BCUT2D eigenvalue weighted by atomic mass is 16.7. The van der Waals surface area contributed by atoms with Crippen molar-refractivity contribution >= 4 is 17.8 Å². The summed E-state index contributed by atoms with van der Waals surface area (Å²) in [4.78, 5) is 38.6. The predicted molar refractivity (Wildman–Crippen MR) is 94.6 cm³/mol. The van der Waals surface area contributed by atoms with E-state index in [-0.39, 0.29) is 30.6 Å². The van der Waals surface area contributed by atoms with Crippen molar-refractivity contribution in [2.24, 2.45) is 5.92 Å². The Balaban J connectivity index is 1.71. The van der Waals surface area contributed by atoms with Crippen LogP contribution < -0.4 is 14.8 Å². The van der Waals surface area contributed by atoms with Gasteiger partial charge in [0, 0.05) is 25.2 Å². The second-order valence-electron chi connectivity index (χ2n) is 6.37. The van der Waals surface area contributed by atoms with Crippen LogP contribution in [-0.4, -0.2) is 43.1 Å². The molecule has 0 radical (unpaired) electrons. The summed E-state index contributed by atoms with van der Waals surface area (Å²) in [7, 11) is 1.25. The van der Waals surface area contributed by atoms with E-state index in [1.165, 1.54) is 7.11 Å². The van der Waals surface area contributed by atoms with Crippen molar-refractivity contribution in [3.8, 4) is 11.5 Å². The van der Waals surface area contributed by atoms with Crippen LogP contribution in [0.4, 0.5) is 0 Å². The van der Waals surface area contributed by atoms with Gasteiger partial charge in [-0.15, -0.1) is 0 Å². The summed E-state index contributed by atoms with van der Waals surface area (Å²) in [5, 5.41) is 2.61. The van der Waals surface area contributed by atoms with Gasteiger partial charge in [-0.25, -0.2) is 4.79 Å². The Morgan fingerprint density at radius 1 is 1.30 bits per heavy atom. The monoisotopic (exact) mass is 374 g/mol. The first-order chi connectivity index (χ1) is 12.9. The largest absolute Gasteiger partial charge is 0.466 e. The van der Waals surface area contributed by atoms with E-state index in [1.807, 2.05) is 25.1 Å². The Morgan fingerprint density at radius 3 is 2.74 bits per heavy atom. The highest BCUT2D eigenvalue weighted by Gasteiger charge is 2.38. The average molecular weight is 374 g/mol. The third-order valence-electron chi connectivity index (χ3n) is 4.71. The van der Waals surface area contributed by atoms with Crippen molar-refractivity contribution in [3.05, 3.63) is 35.0 Å². The lowest BCUT2D eigenvalue weighted by Crippen LogP contribution is -2.34. The minimum absolute atomic E-state index is 0.0913. The molecule has 2 aliphatic rings. The van der Waals surface area contributed by atoms with E-state index in [4.69, 9.17) is 14.2 Å². The van der Waals surface area contributed by atoms with Crippen LogP contribution >= 0.6 is 0 Å². The molecule has 1 N–H and O–H groups in total. The van der Waals surface area contributed by atoms with Crippen molar-refractivity contribution in [2.45, 2.75) is 26.8 Å². The fourth-order valence-electron chi connectivity index (χ4n) is 3.27. The van der Waals surface area contributed by atoms with Crippen LogP contribution in [-0.2, 0) is 25.7 Å². The zero-order valence-electron chi connectivity index (χ0n) is 15.5. The van der Waals surface area contributed by atoms with Crippen LogP contribution in [0.1, 0.15) is 25.8 Å². The Morgan fingerprint density at radius 2 is 2.04 bits per heavy atom. The van der Waals surface area contributed by atoms with E-state index in [2.05, 4.69) is 5.32 Å². The smallest absolute Gasteiger partial charge is 0.336 e. The van der Waals surface area contributed by atoms with Gasteiger partial charge < -0.3 is 24.4 Å². The number of nitrogens with one attached hydrogen (secondary N) is 1. The van der Waals surface area contributed by atoms with Crippen LogP contribution in [0.2, 0.25) is 0 Å². The number of amides is 2. The first-order valence-corrected chi connectivity index (χ1v) is 8.70. The van der Waals surface area contributed by atoms with Crippen molar-refractivity contribution < 1.29 is 28.6 Å². The molecule has 0 aromatic heterocycles. The molecule has 0 saturated carbocycles.